The Morgan fingerprint density at radius 3 is 2.62 bits per heavy atom. The summed E-state index contributed by atoms with van der Waals surface area (Å²) < 4.78 is 1.86. The van der Waals surface area contributed by atoms with E-state index in [2.05, 4.69) is 5.10 Å². The first kappa shape index (κ1) is 18.2. The first-order chi connectivity index (χ1) is 14.1. The SMILES string of the molecule is Cc1nn(-c2ccccc2)cc1C1C=C(c2ccc(Cl)cc2)N=C2SCC(=O)N21. The number of aromatic nitrogens is 2. The molecule has 1 aromatic heterocycles. The minimum atomic E-state index is -0.242. The number of hydrogen-bond acceptors (Lipinski definition) is 4. The molecule has 2 aliphatic heterocycles. The van der Waals surface area contributed by atoms with Gasteiger partial charge in [0.2, 0.25) is 5.91 Å². The third-order valence-electron chi connectivity index (χ3n) is 5.03. The molecule has 2 aliphatic rings. The van der Waals surface area contributed by atoms with E-state index in [9.17, 15) is 4.79 Å². The maximum atomic E-state index is 12.6. The van der Waals surface area contributed by atoms with Gasteiger partial charge in [0, 0.05) is 22.3 Å². The zero-order valence-electron chi connectivity index (χ0n) is 15.6. The molecule has 1 saturated heterocycles. The molecule has 0 N–H and O–H groups in total. The Morgan fingerprint density at radius 1 is 1.10 bits per heavy atom. The van der Waals surface area contributed by atoms with Crippen LogP contribution in [0.4, 0.5) is 0 Å². The van der Waals surface area contributed by atoms with Gasteiger partial charge in [-0.15, -0.1) is 0 Å². The summed E-state index contributed by atoms with van der Waals surface area (Å²) in [5.74, 6) is 0.472. The second-order valence-corrected chi connectivity index (χ2v) is 8.28. The van der Waals surface area contributed by atoms with Crippen molar-refractivity contribution >= 4 is 40.1 Å². The second-order valence-electron chi connectivity index (χ2n) is 6.90. The van der Waals surface area contributed by atoms with Crippen LogP contribution in [0.25, 0.3) is 11.4 Å². The van der Waals surface area contributed by atoms with Gasteiger partial charge in [0.15, 0.2) is 5.17 Å². The summed E-state index contributed by atoms with van der Waals surface area (Å²) in [6.45, 7) is 1.98. The average molecular weight is 421 g/mol. The van der Waals surface area contributed by atoms with Crippen LogP contribution >= 0.6 is 23.4 Å². The van der Waals surface area contributed by atoms with E-state index in [4.69, 9.17) is 16.6 Å². The highest BCUT2D eigenvalue weighted by atomic mass is 35.5. The molecule has 0 radical (unpaired) electrons. The zero-order valence-corrected chi connectivity index (χ0v) is 17.2. The summed E-state index contributed by atoms with van der Waals surface area (Å²) in [4.78, 5) is 19.1. The molecule has 0 saturated carbocycles. The zero-order chi connectivity index (χ0) is 20.0. The number of rotatable bonds is 3. The third kappa shape index (κ3) is 3.28. The van der Waals surface area contributed by atoms with E-state index in [1.807, 2.05) is 78.5 Å². The summed E-state index contributed by atoms with van der Waals surface area (Å²) in [5.41, 5.74) is 4.67. The first-order valence-electron chi connectivity index (χ1n) is 9.23. The molecule has 3 heterocycles. The molecule has 1 amide bonds. The van der Waals surface area contributed by atoms with Crippen LogP contribution < -0.4 is 0 Å². The number of nitrogens with zero attached hydrogens (tertiary/aromatic N) is 4. The molecule has 0 spiro atoms. The van der Waals surface area contributed by atoms with Gasteiger partial charge in [0.25, 0.3) is 0 Å². The molecular weight excluding hydrogens is 404 g/mol. The average Bonchev–Trinajstić information content (AvgIpc) is 3.32. The van der Waals surface area contributed by atoms with Gasteiger partial charge in [0.05, 0.1) is 28.9 Å². The Kier molecular flexibility index (Phi) is 4.53. The molecule has 0 bridgehead atoms. The van der Waals surface area contributed by atoms with Gasteiger partial charge < -0.3 is 0 Å². The van der Waals surface area contributed by atoms with Crippen molar-refractivity contribution in [3.05, 3.63) is 88.7 Å². The summed E-state index contributed by atoms with van der Waals surface area (Å²) in [5, 5.41) is 6.11. The van der Waals surface area contributed by atoms with Crippen molar-refractivity contribution in [1.82, 2.24) is 14.7 Å². The molecule has 5 rings (SSSR count). The number of amidine groups is 1. The van der Waals surface area contributed by atoms with Crippen LogP contribution in [-0.4, -0.2) is 31.5 Å². The lowest BCUT2D eigenvalue weighted by molar-refractivity contribution is -0.125. The van der Waals surface area contributed by atoms with Crippen molar-refractivity contribution in [1.29, 1.82) is 0 Å². The summed E-state index contributed by atoms with van der Waals surface area (Å²) in [7, 11) is 0. The molecule has 1 atom stereocenters. The molecule has 3 aromatic rings. The standard InChI is InChI=1S/C22H17ClN4OS/c1-14-18(12-26(25-14)17-5-3-2-4-6-17)20-11-19(15-7-9-16(23)10-8-15)24-22-27(20)21(28)13-29-22/h2-12,20H,13H2,1H3. The number of halogens is 1. The van der Waals surface area contributed by atoms with Crippen LogP contribution in [0.2, 0.25) is 5.02 Å². The number of carbonyl (C=O) groups excluding carboxylic acids is 1. The van der Waals surface area contributed by atoms with Crippen LogP contribution in [0.1, 0.15) is 22.9 Å². The number of hydrogen-bond donors (Lipinski definition) is 0. The van der Waals surface area contributed by atoms with E-state index in [1.54, 1.807) is 4.90 Å². The van der Waals surface area contributed by atoms with Crippen molar-refractivity contribution in [2.75, 3.05) is 5.75 Å². The van der Waals surface area contributed by atoms with Gasteiger partial charge in [-0.2, -0.15) is 5.10 Å². The number of aryl methyl sites for hydroxylation is 1. The van der Waals surface area contributed by atoms with Crippen LogP contribution in [0, 0.1) is 6.92 Å². The molecule has 1 unspecified atom stereocenters. The number of para-hydroxylation sites is 1. The maximum absolute atomic E-state index is 12.6. The highest BCUT2D eigenvalue weighted by Gasteiger charge is 2.38. The van der Waals surface area contributed by atoms with Crippen molar-refractivity contribution in [2.45, 2.75) is 13.0 Å². The lowest BCUT2D eigenvalue weighted by Crippen LogP contribution is -2.35. The number of amides is 1. The number of thioether (sulfide) groups is 1. The summed E-state index contributed by atoms with van der Waals surface area (Å²) in [6.07, 6.45) is 4.04. The topological polar surface area (TPSA) is 50.5 Å². The number of carbonyl (C=O) groups is 1. The monoisotopic (exact) mass is 420 g/mol. The van der Waals surface area contributed by atoms with E-state index in [1.165, 1.54) is 11.8 Å². The van der Waals surface area contributed by atoms with Gasteiger partial charge >= 0.3 is 0 Å². The molecular formula is C22H17ClN4OS. The normalized spacial score (nSPS) is 18.5. The van der Waals surface area contributed by atoms with Crippen molar-refractivity contribution in [3.8, 4) is 5.69 Å². The minimum Gasteiger partial charge on any atom is -0.279 e. The van der Waals surface area contributed by atoms with E-state index in [0.717, 1.165) is 33.4 Å². The van der Waals surface area contributed by atoms with Crippen LogP contribution in [0.15, 0.2) is 71.9 Å². The van der Waals surface area contributed by atoms with Gasteiger partial charge in [-0.05, 0) is 37.3 Å². The minimum absolute atomic E-state index is 0.0667. The fourth-order valence-electron chi connectivity index (χ4n) is 3.58. The molecule has 5 nitrogen and oxygen atoms in total. The predicted octanol–water partition coefficient (Wildman–Crippen LogP) is 4.86. The summed E-state index contributed by atoms with van der Waals surface area (Å²) >= 11 is 7.52. The van der Waals surface area contributed by atoms with Crippen LogP contribution in [0.3, 0.4) is 0 Å². The van der Waals surface area contributed by atoms with Crippen molar-refractivity contribution in [3.63, 3.8) is 0 Å². The Morgan fingerprint density at radius 2 is 1.86 bits per heavy atom. The molecule has 29 heavy (non-hydrogen) atoms. The Hall–Kier alpha value is -2.83. The fraction of sp³-hybridized carbons (Fsp3) is 0.136. The van der Waals surface area contributed by atoms with Gasteiger partial charge in [-0.1, -0.05) is 53.7 Å². The van der Waals surface area contributed by atoms with Gasteiger partial charge in [-0.25, -0.2) is 9.67 Å². The molecule has 2 aromatic carbocycles. The molecule has 1 fully saturated rings. The summed E-state index contributed by atoms with van der Waals surface area (Å²) in [6, 6.07) is 17.3. The van der Waals surface area contributed by atoms with E-state index >= 15 is 0 Å². The molecule has 7 heteroatoms. The van der Waals surface area contributed by atoms with Crippen LogP contribution in [0.5, 0.6) is 0 Å². The largest absolute Gasteiger partial charge is 0.279 e. The quantitative estimate of drug-likeness (QED) is 0.607. The second kappa shape index (κ2) is 7.21. The molecule has 144 valence electrons. The Balaban J connectivity index is 1.60. The van der Waals surface area contributed by atoms with E-state index < -0.39 is 0 Å². The van der Waals surface area contributed by atoms with Gasteiger partial charge in [0.1, 0.15) is 0 Å². The van der Waals surface area contributed by atoms with Crippen LogP contribution in [-0.2, 0) is 4.79 Å². The first-order valence-corrected chi connectivity index (χ1v) is 10.6. The number of aliphatic imine (C=N–C) groups is 1. The number of fused-ring (bicyclic) bond motifs is 1. The number of benzene rings is 2. The van der Waals surface area contributed by atoms with E-state index in [-0.39, 0.29) is 11.9 Å². The Labute approximate surface area is 177 Å². The highest BCUT2D eigenvalue weighted by Crippen LogP contribution is 2.39. The third-order valence-corrected chi connectivity index (χ3v) is 6.22. The highest BCUT2D eigenvalue weighted by molar-refractivity contribution is 8.15. The smallest absolute Gasteiger partial charge is 0.239 e. The lowest BCUT2D eigenvalue weighted by atomic mass is 10.0. The Bertz CT molecular complexity index is 1150. The fourth-order valence-corrected chi connectivity index (χ4v) is 4.62. The van der Waals surface area contributed by atoms with Crippen molar-refractivity contribution in [2.24, 2.45) is 4.99 Å². The molecule has 0 aliphatic carbocycles. The van der Waals surface area contributed by atoms with E-state index in [0.29, 0.717) is 10.8 Å². The lowest BCUT2D eigenvalue weighted by Gasteiger charge is -2.29. The van der Waals surface area contributed by atoms with Crippen molar-refractivity contribution < 1.29 is 4.79 Å². The van der Waals surface area contributed by atoms with Gasteiger partial charge in [-0.3, -0.25) is 9.69 Å². The predicted molar refractivity (Wildman–Crippen MR) is 117 cm³/mol. The maximum Gasteiger partial charge on any atom is 0.239 e.